The van der Waals surface area contributed by atoms with Crippen molar-refractivity contribution in [1.82, 2.24) is 0 Å². The van der Waals surface area contributed by atoms with Crippen molar-refractivity contribution in [1.29, 1.82) is 0 Å². The van der Waals surface area contributed by atoms with Crippen molar-refractivity contribution in [3.63, 3.8) is 0 Å². The molecule has 0 aliphatic rings. The summed E-state index contributed by atoms with van der Waals surface area (Å²) in [6.45, 7) is 6.51. The summed E-state index contributed by atoms with van der Waals surface area (Å²) in [7, 11) is 0. The SMILES string of the molecule is CCC/C=C\C/C=C\CCCCCCCC(=O)OC(COC(=O)CCCCCCC/C=C\CCC)COC(=O)CCCCCCCCCCCCCCCCCCCC. The molecule has 0 aromatic heterocycles. The topological polar surface area (TPSA) is 78.9 Å². The van der Waals surface area contributed by atoms with Crippen molar-refractivity contribution >= 4 is 17.9 Å². The van der Waals surface area contributed by atoms with Gasteiger partial charge in [-0.1, -0.05) is 218 Å². The fraction of sp³-hybridized carbons (Fsp3) is 0.830. The maximum Gasteiger partial charge on any atom is 0.306 e. The minimum absolute atomic E-state index is 0.0779. The predicted molar refractivity (Wildman–Crippen MR) is 252 cm³/mol. The third-order valence-corrected chi connectivity index (χ3v) is 11.1. The zero-order valence-electron chi connectivity index (χ0n) is 39.3. The van der Waals surface area contributed by atoms with Crippen molar-refractivity contribution in [2.75, 3.05) is 13.2 Å². The van der Waals surface area contributed by atoms with E-state index in [1.54, 1.807) is 0 Å². The molecule has 0 aromatic carbocycles. The van der Waals surface area contributed by atoms with Gasteiger partial charge in [0.25, 0.3) is 0 Å². The van der Waals surface area contributed by atoms with Crippen LogP contribution in [0.25, 0.3) is 0 Å². The Labute approximate surface area is 365 Å². The molecule has 0 saturated heterocycles. The average molecular weight is 829 g/mol. The van der Waals surface area contributed by atoms with Gasteiger partial charge >= 0.3 is 17.9 Å². The molecule has 6 nitrogen and oxygen atoms in total. The van der Waals surface area contributed by atoms with Crippen LogP contribution in [0.1, 0.15) is 265 Å². The molecule has 0 N–H and O–H groups in total. The monoisotopic (exact) mass is 829 g/mol. The summed E-state index contributed by atoms with van der Waals surface area (Å²) in [6.07, 6.45) is 55.6. The van der Waals surface area contributed by atoms with Crippen LogP contribution in [0.15, 0.2) is 36.5 Å². The quantitative estimate of drug-likeness (QED) is 0.0263. The molecule has 0 aliphatic carbocycles. The van der Waals surface area contributed by atoms with Crippen molar-refractivity contribution in [3.8, 4) is 0 Å². The molecule has 0 bridgehead atoms. The first-order valence-corrected chi connectivity index (χ1v) is 25.5. The number of esters is 3. The molecule has 0 radical (unpaired) electrons. The Balaban J connectivity index is 4.30. The van der Waals surface area contributed by atoms with Gasteiger partial charge in [0.05, 0.1) is 0 Å². The fourth-order valence-corrected chi connectivity index (χ4v) is 7.25. The van der Waals surface area contributed by atoms with Gasteiger partial charge in [-0.15, -0.1) is 0 Å². The zero-order chi connectivity index (χ0) is 43.0. The average Bonchev–Trinajstić information content (AvgIpc) is 3.23. The highest BCUT2D eigenvalue weighted by Gasteiger charge is 2.19. The number of allylic oxidation sites excluding steroid dienone is 6. The Hall–Kier alpha value is -2.37. The van der Waals surface area contributed by atoms with Gasteiger partial charge in [0.1, 0.15) is 13.2 Å². The fourth-order valence-electron chi connectivity index (χ4n) is 7.25. The van der Waals surface area contributed by atoms with Crippen LogP contribution in [-0.4, -0.2) is 37.2 Å². The van der Waals surface area contributed by atoms with Crippen molar-refractivity contribution in [3.05, 3.63) is 36.5 Å². The van der Waals surface area contributed by atoms with E-state index in [4.69, 9.17) is 14.2 Å². The van der Waals surface area contributed by atoms with Gasteiger partial charge in [-0.3, -0.25) is 14.4 Å². The summed E-state index contributed by atoms with van der Waals surface area (Å²) in [6, 6.07) is 0. The molecule has 0 fully saturated rings. The maximum absolute atomic E-state index is 12.7. The summed E-state index contributed by atoms with van der Waals surface area (Å²) < 4.78 is 16.7. The lowest BCUT2D eigenvalue weighted by molar-refractivity contribution is -0.167. The van der Waals surface area contributed by atoms with Crippen molar-refractivity contribution in [2.24, 2.45) is 0 Å². The minimum Gasteiger partial charge on any atom is -0.462 e. The minimum atomic E-state index is -0.778. The smallest absolute Gasteiger partial charge is 0.306 e. The first kappa shape index (κ1) is 56.6. The molecule has 1 atom stereocenters. The molecule has 1 unspecified atom stereocenters. The first-order chi connectivity index (χ1) is 29.0. The van der Waals surface area contributed by atoms with Gasteiger partial charge in [0.15, 0.2) is 6.10 Å². The number of rotatable bonds is 46. The van der Waals surface area contributed by atoms with Gasteiger partial charge < -0.3 is 14.2 Å². The number of hydrogen-bond donors (Lipinski definition) is 0. The molecule has 0 saturated carbocycles. The molecular weight excluding hydrogens is 733 g/mol. The third-order valence-electron chi connectivity index (χ3n) is 11.1. The van der Waals surface area contributed by atoms with Crippen LogP contribution in [0.5, 0.6) is 0 Å². The van der Waals surface area contributed by atoms with Gasteiger partial charge in [-0.25, -0.2) is 0 Å². The normalized spacial score (nSPS) is 12.3. The molecule has 0 rings (SSSR count). The second kappa shape index (κ2) is 48.3. The highest BCUT2D eigenvalue weighted by molar-refractivity contribution is 5.71. The van der Waals surface area contributed by atoms with Crippen molar-refractivity contribution < 1.29 is 28.6 Å². The number of carbonyl (C=O) groups excluding carboxylic acids is 3. The van der Waals surface area contributed by atoms with E-state index in [1.807, 2.05) is 0 Å². The lowest BCUT2D eigenvalue weighted by Crippen LogP contribution is -2.30. The highest BCUT2D eigenvalue weighted by atomic mass is 16.6. The summed E-state index contributed by atoms with van der Waals surface area (Å²) in [4.78, 5) is 37.9. The van der Waals surface area contributed by atoms with E-state index >= 15 is 0 Å². The van der Waals surface area contributed by atoms with E-state index in [0.29, 0.717) is 19.3 Å². The highest BCUT2D eigenvalue weighted by Crippen LogP contribution is 2.16. The van der Waals surface area contributed by atoms with Crippen LogP contribution in [0, 0.1) is 0 Å². The molecule has 0 heterocycles. The zero-order valence-corrected chi connectivity index (χ0v) is 39.3. The predicted octanol–water partition coefficient (Wildman–Crippen LogP) is 16.5. The number of unbranched alkanes of at least 4 members (excludes halogenated alkanes) is 29. The van der Waals surface area contributed by atoms with Crippen molar-refractivity contribution in [2.45, 2.75) is 271 Å². The Kier molecular flexibility index (Phi) is 46.4. The Bertz CT molecular complexity index is 1000. The third kappa shape index (κ3) is 46.5. The van der Waals surface area contributed by atoms with E-state index in [9.17, 15) is 14.4 Å². The largest absolute Gasteiger partial charge is 0.462 e. The number of hydrogen-bond acceptors (Lipinski definition) is 6. The molecule has 59 heavy (non-hydrogen) atoms. The van der Waals surface area contributed by atoms with Gasteiger partial charge in [0.2, 0.25) is 0 Å². The van der Waals surface area contributed by atoms with E-state index < -0.39 is 6.10 Å². The van der Waals surface area contributed by atoms with Gasteiger partial charge in [-0.05, 0) is 64.2 Å². The second-order valence-electron chi connectivity index (χ2n) is 17.1. The standard InChI is InChI=1S/C53H96O6/c1-4-7-10-13-16-19-22-24-25-26-27-28-30-31-34-37-40-43-46-52(55)58-49-50(48-57-51(54)45-42-39-36-33-21-18-15-12-9-6-3)59-53(56)47-44-41-38-35-32-29-23-20-17-14-11-8-5-2/h11-12,14-15,20,23,50H,4-10,13,16-19,21-22,24-49H2,1-3H3/b14-11-,15-12-,23-20-. The van der Waals surface area contributed by atoms with E-state index in [-0.39, 0.29) is 31.1 Å². The molecular formula is C53H96O6. The molecule has 0 spiro atoms. The van der Waals surface area contributed by atoms with Gasteiger partial charge in [0, 0.05) is 19.3 Å². The summed E-state index contributed by atoms with van der Waals surface area (Å²) in [5, 5.41) is 0. The Morgan fingerprint density at radius 2 is 0.644 bits per heavy atom. The molecule has 0 aromatic rings. The van der Waals surface area contributed by atoms with E-state index in [1.165, 1.54) is 122 Å². The summed E-state index contributed by atoms with van der Waals surface area (Å²) in [5.41, 5.74) is 0. The van der Waals surface area contributed by atoms with E-state index in [2.05, 4.69) is 57.2 Å². The maximum atomic E-state index is 12.7. The lowest BCUT2D eigenvalue weighted by atomic mass is 10.0. The molecule has 0 amide bonds. The van der Waals surface area contributed by atoms with Crippen LogP contribution >= 0.6 is 0 Å². The summed E-state index contributed by atoms with van der Waals surface area (Å²) >= 11 is 0. The summed E-state index contributed by atoms with van der Waals surface area (Å²) in [5.74, 6) is -0.895. The molecule has 6 heteroatoms. The van der Waals surface area contributed by atoms with Gasteiger partial charge in [-0.2, -0.15) is 0 Å². The second-order valence-corrected chi connectivity index (χ2v) is 17.1. The van der Waals surface area contributed by atoms with Crippen LogP contribution in [0.3, 0.4) is 0 Å². The van der Waals surface area contributed by atoms with Crippen LogP contribution in [0.4, 0.5) is 0 Å². The Morgan fingerprint density at radius 3 is 1.03 bits per heavy atom. The van der Waals surface area contributed by atoms with Crippen LogP contribution < -0.4 is 0 Å². The molecule has 0 aliphatic heterocycles. The first-order valence-electron chi connectivity index (χ1n) is 25.5. The Morgan fingerprint density at radius 1 is 0.339 bits per heavy atom. The van der Waals surface area contributed by atoms with Crippen LogP contribution in [-0.2, 0) is 28.6 Å². The number of carbonyl (C=O) groups is 3. The van der Waals surface area contributed by atoms with E-state index in [0.717, 1.165) is 103 Å². The number of ether oxygens (including phenoxy) is 3. The van der Waals surface area contributed by atoms with Crippen LogP contribution in [0.2, 0.25) is 0 Å². The molecule has 344 valence electrons. The lowest BCUT2D eigenvalue weighted by Gasteiger charge is -2.18.